The fraction of sp³-hybridized carbons (Fsp3) is 0.375. The van der Waals surface area contributed by atoms with Crippen molar-refractivity contribution in [3.8, 4) is 0 Å². The van der Waals surface area contributed by atoms with Gasteiger partial charge < -0.3 is 15.7 Å². The maximum atomic E-state index is 11.3. The molecule has 0 fully saturated rings. The lowest BCUT2D eigenvalue weighted by Gasteiger charge is -2.09. The van der Waals surface area contributed by atoms with Crippen molar-refractivity contribution in [1.82, 2.24) is 9.97 Å². The van der Waals surface area contributed by atoms with Crippen LogP contribution in [0.2, 0.25) is 0 Å². The van der Waals surface area contributed by atoms with Crippen molar-refractivity contribution in [3.63, 3.8) is 0 Å². The summed E-state index contributed by atoms with van der Waals surface area (Å²) >= 11 is 0. The van der Waals surface area contributed by atoms with Crippen molar-refractivity contribution >= 4 is 11.9 Å². The molecule has 0 radical (unpaired) electrons. The molecule has 0 amide bonds. The number of aromatic nitrogens is 2. The van der Waals surface area contributed by atoms with Gasteiger partial charge >= 0.3 is 0 Å². The minimum absolute atomic E-state index is 0.143. The molecular weight excluding hydrogens is 168 g/mol. The highest BCUT2D eigenvalue weighted by atomic mass is 16.1. The largest absolute Gasteiger partial charge is 0.377 e. The number of anilines is 1. The number of H-pyrrole nitrogens is 1. The lowest BCUT2D eigenvalue weighted by atomic mass is 10.3. The predicted molar refractivity (Wildman–Crippen MR) is 51.5 cm³/mol. The molecule has 0 saturated carbocycles. The summed E-state index contributed by atoms with van der Waals surface area (Å²) < 4.78 is 0. The fourth-order valence-corrected chi connectivity index (χ4v) is 0.951. The fourth-order valence-electron chi connectivity index (χ4n) is 0.951. The minimum Gasteiger partial charge on any atom is -0.377 e. The molecule has 3 N–H and O–H groups in total. The van der Waals surface area contributed by atoms with E-state index in [1.54, 1.807) is 0 Å². The molecule has 70 valence electrons. The van der Waals surface area contributed by atoms with Crippen LogP contribution in [0.5, 0.6) is 0 Å². The number of aromatic amines is 1. The molecule has 1 aromatic rings. The summed E-state index contributed by atoms with van der Waals surface area (Å²) in [5.74, 6) is 0. The van der Waals surface area contributed by atoms with Gasteiger partial charge in [0.15, 0.2) is 0 Å². The van der Waals surface area contributed by atoms with Crippen molar-refractivity contribution < 1.29 is 0 Å². The number of hydrogen-bond donors (Lipinski definition) is 3. The number of nitrogens with zero attached hydrogens (tertiary/aromatic N) is 1. The monoisotopic (exact) mass is 180 g/mol. The van der Waals surface area contributed by atoms with E-state index in [9.17, 15) is 4.79 Å². The molecule has 0 saturated heterocycles. The van der Waals surface area contributed by atoms with E-state index < -0.39 is 0 Å². The Morgan fingerprint density at radius 1 is 1.69 bits per heavy atom. The second-order valence-electron chi connectivity index (χ2n) is 2.94. The Labute approximate surface area is 75.7 Å². The summed E-state index contributed by atoms with van der Waals surface area (Å²) in [4.78, 5) is 17.6. The molecule has 0 atom stereocenters. The van der Waals surface area contributed by atoms with Crippen LogP contribution in [0.15, 0.2) is 11.1 Å². The van der Waals surface area contributed by atoms with E-state index in [1.807, 2.05) is 13.8 Å². The van der Waals surface area contributed by atoms with E-state index in [0.717, 1.165) is 6.21 Å². The van der Waals surface area contributed by atoms with Crippen molar-refractivity contribution in [2.24, 2.45) is 0 Å². The molecule has 0 bridgehead atoms. The first kappa shape index (κ1) is 9.44. The van der Waals surface area contributed by atoms with Crippen molar-refractivity contribution in [2.45, 2.75) is 19.9 Å². The molecule has 1 aromatic heterocycles. The van der Waals surface area contributed by atoms with Gasteiger partial charge in [-0.1, -0.05) is 0 Å². The van der Waals surface area contributed by atoms with Crippen LogP contribution in [-0.2, 0) is 0 Å². The lowest BCUT2D eigenvalue weighted by Crippen LogP contribution is -2.21. The van der Waals surface area contributed by atoms with Gasteiger partial charge in [0.05, 0.1) is 6.33 Å². The standard InChI is InChI=1S/C8H12N4O/c1-5(2)12-7-6(3-9)10-4-11-8(7)13/h3-5,9,12H,1-2H3,(H,10,11,13). The molecule has 1 rings (SSSR count). The summed E-state index contributed by atoms with van der Waals surface area (Å²) in [6, 6.07) is 0.143. The Kier molecular flexibility index (Phi) is 2.79. The molecule has 0 aliphatic heterocycles. The van der Waals surface area contributed by atoms with Crippen molar-refractivity contribution in [3.05, 3.63) is 22.4 Å². The van der Waals surface area contributed by atoms with E-state index in [4.69, 9.17) is 5.41 Å². The highest BCUT2D eigenvalue weighted by Gasteiger charge is 2.06. The first-order valence-corrected chi connectivity index (χ1v) is 4.00. The third kappa shape index (κ3) is 2.14. The van der Waals surface area contributed by atoms with Gasteiger partial charge in [0, 0.05) is 12.3 Å². The molecule has 0 unspecified atom stereocenters. The first-order chi connectivity index (χ1) is 6.15. The molecule has 0 spiro atoms. The first-order valence-electron chi connectivity index (χ1n) is 4.00. The number of hydrogen-bond acceptors (Lipinski definition) is 4. The Hall–Kier alpha value is -1.65. The SMILES string of the molecule is CC(C)Nc1c(C=N)nc[nH]c1=O. The summed E-state index contributed by atoms with van der Waals surface area (Å²) in [5, 5.41) is 9.98. The van der Waals surface area contributed by atoms with Gasteiger partial charge in [-0.2, -0.15) is 0 Å². The third-order valence-electron chi connectivity index (χ3n) is 1.45. The van der Waals surface area contributed by atoms with Gasteiger partial charge in [-0.25, -0.2) is 4.98 Å². The second-order valence-corrected chi connectivity index (χ2v) is 2.94. The van der Waals surface area contributed by atoms with Crippen LogP contribution in [0.4, 0.5) is 5.69 Å². The maximum absolute atomic E-state index is 11.3. The van der Waals surface area contributed by atoms with Crippen molar-refractivity contribution in [2.75, 3.05) is 5.32 Å². The Morgan fingerprint density at radius 3 is 2.92 bits per heavy atom. The Morgan fingerprint density at radius 2 is 2.38 bits per heavy atom. The predicted octanol–water partition coefficient (Wildman–Crippen LogP) is 0.588. The molecule has 0 aliphatic carbocycles. The van der Waals surface area contributed by atoms with Crippen LogP contribution in [0, 0.1) is 5.41 Å². The van der Waals surface area contributed by atoms with E-state index in [2.05, 4.69) is 15.3 Å². The summed E-state index contributed by atoms with van der Waals surface area (Å²) in [6.07, 6.45) is 2.34. The van der Waals surface area contributed by atoms with Crippen LogP contribution in [0.1, 0.15) is 19.5 Å². The zero-order chi connectivity index (χ0) is 9.84. The van der Waals surface area contributed by atoms with Crippen LogP contribution >= 0.6 is 0 Å². The van der Waals surface area contributed by atoms with Crippen LogP contribution in [0.25, 0.3) is 0 Å². The minimum atomic E-state index is -0.248. The quantitative estimate of drug-likeness (QED) is 0.595. The van der Waals surface area contributed by atoms with Gasteiger partial charge in [-0.3, -0.25) is 4.79 Å². The zero-order valence-electron chi connectivity index (χ0n) is 7.59. The topological polar surface area (TPSA) is 81.6 Å². The van der Waals surface area contributed by atoms with Gasteiger partial charge in [-0.05, 0) is 13.8 Å². The van der Waals surface area contributed by atoms with Gasteiger partial charge in [0.1, 0.15) is 11.4 Å². The molecule has 13 heavy (non-hydrogen) atoms. The van der Waals surface area contributed by atoms with Gasteiger partial charge in [-0.15, -0.1) is 0 Å². The van der Waals surface area contributed by atoms with Crippen LogP contribution in [0.3, 0.4) is 0 Å². The zero-order valence-corrected chi connectivity index (χ0v) is 7.59. The normalized spacial score (nSPS) is 10.1. The van der Waals surface area contributed by atoms with Gasteiger partial charge in [0.25, 0.3) is 5.56 Å². The third-order valence-corrected chi connectivity index (χ3v) is 1.45. The molecular formula is C8H12N4O. The molecule has 5 heteroatoms. The molecule has 1 heterocycles. The number of nitrogens with one attached hydrogen (secondary N) is 3. The van der Waals surface area contributed by atoms with Gasteiger partial charge in [0.2, 0.25) is 0 Å². The Bertz CT molecular complexity index is 355. The maximum Gasteiger partial charge on any atom is 0.274 e. The molecule has 5 nitrogen and oxygen atoms in total. The average molecular weight is 180 g/mol. The number of rotatable bonds is 3. The smallest absolute Gasteiger partial charge is 0.274 e. The average Bonchev–Trinajstić information content (AvgIpc) is 2.08. The van der Waals surface area contributed by atoms with Crippen molar-refractivity contribution in [1.29, 1.82) is 5.41 Å². The van der Waals surface area contributed by atoms with E-state index >= 15 is 0 Å². The summed E-state index contributed by atoms with van der Waals surface area (Å²) in [5.41, 5.74) is 0.465. The highest BCUT2D eigenvalue weighted by molar-refractivity contribution is 5.82. The summed E-state index contributed by atoms with van der Waals surface area (Å²) in [7, 11) is 0. The molecule has 0 aliphatic rings. The lowest BCUT2D eigenvalue weighted by molar-refractivity contribution is 0.888. The van der Waals surface area contributed by atoms with Crippen LogP contribution < -0.4 is 10.9 Å². The highest BCUT2D eigenvalue weighted by Crippen LogP contribution is 2.03. The summed E-state index contributed by atoms with van der Waals surface area (Å²) in [6.45, 7) is 3.83. The van der Waals surface area contributed by atoms with E-state index in [0.29, 0.717) is 11.4 Å². The molecule has 0 aromatic carbocycles. The van der Waals surface area contributed by atoms with Crippen LogP contribution in [-0.4, -0.2) is 22.2 Å². The van der Waals surface area contributed by atoms with E-state index in [-0.39, 0.29) is 11.6 Å². The second kappa shape index (κ2) is 3.84. The van der Waals surface area contributed by atoms with E-state index in [1.165, 1.54) is 6.33 Å². The Balaban J connectivity index is 3.15.